The molecule has 0 aliphatic rings. The molecule has 0 saturated heterocycles. The number of hydrogen-bond acceptors (Lipinski definition) is 0. The van der Waals surface area contributed by atoms with Crippen LogP contribution in [-0.4, -0.2) is 4.83 Å². The summed E-state index contributed by atoms with van der Waals surface area (Å²) in [6.45, 7) is 6.68. The lowest BCUT2D eigenvalue weighted by atomic mass is 9.96. The van der Waals surface area contributed by atoms with Gasteiger partial charge in [0.15, 0.2) is 0 Å². The van der Waals surface area contributed by atoms with Gasteiger partial charge < -0.3 is 0 Å². The molecule has 0 heterocycles. The lowest BCUT2D eigenvalue weighted by molar-refractivity contribution is 0.579. The highest BCUT2D eigenvalue weighted by Crippen LogP contribution is 2.19. The summed E-state index contributed by atoms with van der Waals surface area (Å²) in [4.78, 5) is 0.590. The molecule has 1 aromatic rings. The molecule has 13 heavy (non-hydrogen) atoms. The molecule has 0 aliphatic heterocycles. The van der Waals surface area contributed by atoms with Crippen LogP contribution in [0.2, 0.25) is 0 Å². The molecule has 1 aromatic carbocycles. The van der Waals surface area contributed by atoms with Gasteiger partial charge >= 0.3 is 0 Å². The highest BCUT2D eigenvalue weighted by atomic mass is 79.9. The summed E-state index contributed by atoms with van der Waals surface area (Å²) in [5.74, 6) is 0.695. The number of hydrogen-bond donors (Lipinski definition) is 0. The SMILES string of the molecule is Cc1ccccc1CC(C)C(C)Br. The fraction of sp³-hybridized carbons (Fsp3) is 0.500. The van der Waals surface area contributed by atoms with Crippen molar-refractivity contribution in [2.75, 3.05) is 0 Å². The van der Waals surface area contributed by atoms with Crippen molar-refractivity contribution in [3.8, 4) is 0 Å². The molecule has 0 aromatic heterocycles. The van der Waals surface area contributed by atoms with E-state index in [9.17, 15) is 0 Å². The van der Waals surface area contributed by atoms with Crippen LogP contribution in [0.15, 0.2) is 24.3 Å². The predicted octanol–water partition coefficient (Wildman–Crippen LogP) is 3.96. The van der Waals surface area contributed by atoms with Crippen molar-refractivity contribution in [1.82, 2.24) is 0 Å². The second kappa shape index (κ2) is 4.80. The van der Waals surface area contributed by atoms with Crippen molar-refractivity contribution in [1.29, 1.82) is 0 Å². The Morgan fingerprint density at radius 3 is 2.38 bits per heavy atom. The van der Waals surface area contributed by atoms with Crippen molar-refractivity contribution >= 4 is 15.9 Å². The third-order valence-corrected chi connectivity index (χ3v) is 3.49. The minimum atomic E-state index is 0.590. The molecule has 0 N–H and O–H groups in total. The van der Waals surface area contributed by atoms with Gasteiger partial charge in [-0.3, -0.25) is 0 Å². The van der Waals surface area contributed by atoms with E-state index < -0.39 is 0 Å². The Morgan fingerprint density at radius 2 is 1.85 bits per heavy atom. The van der Waals surface area contributed by atoms with Crippen LogP contribution in [0.1, 0.15) is 25.0 Å². The first-order chi connectivity index (χ1) is 6.11. The van der Waals surface area contributed by atoms with Crippen LogP contribution in [0.4, 0.5) is 0 Å². The molecule has 2 atom stereocenters. The zero-order valence-electron chi connectivity index (χ0n) is 8.55. The van der Waals surface area contributed by atoms with Crippen LogP contribution in [0, 0.1) is 12.8 Å². The van der Waals surface area contributed by atoms with Crippen molar-refractivity contribution in [3.05, 3.63) is 35.4 Å². The zero-order valence-corrected chi connectivity index (χ0v) is 10.1. The van der Waals surface area contributed by atoms with Crippen LogP contribution in [0.5, 0.6) is 0 Å². The van der Waals surface area contributed by atoms with Crippen LogP contribution < -0.4 is 0 Å². The van der Waals surface area contributed by atoms with Crippen molar-refractivity contribution in [2.24, 2.45) is 5.92 Å². The van der Waals surface area contributed by atoms with E-state index in [1.54, 1.807) is 0 Å². The van der Waals surface area contributed by atoms with Crippen LogP contribution in [-0.2, 0) is 6.42 Å². The molecular formula is C12H17Br. The first-order valence-electron chi connectivity index (χ1n) is 4.80. The van der Waals surface area contributed by atoms with Gasteiger partial charge in [0.2, 0.25) is 0 Å². The van der Waals surface area contributed by atoms with E-state index in [4.69, 9.17) is 0 Å². The van der Waals surface area contributed by atoms with Crippen molar-refractivity contribution < 1.29 is 0 Å². The third kappa shape index (κ3) is 3.15. The van der Waals surface area contributed by atoms with Gasteiger partial charge in [-0.15, -0.1) is 0 Å². The van der Waals surface area contributed by atoms with Gasteiger partial charge in [-0.2, -0.15) is 0 Å². The largest absolute Gasteiger partial charge is 0.0891 e. The lowest BCUT2D eigenvalue weighted by Crippen LogP contribution is -2.10. The molecular weight excluding hydrogens is 224 g/mol. The summed E-state index contributed by atoms with van der Waals surface area (Å²) in [6.07, 6.45) is 1.17. The Kier molecular flexibility index (Phi) is 3.98. The van der Waals surface area contributed by atoms with Gasteiger partial charge in [0.25, 0.3) is 0 Å². The second-order valence-corrected chi connectivity index (χ2v) is 5.23. The molecule has 1 rings (SSSR count). The van der Waals surface area contributed by atoms with Gasteiger partial charge in [0, 0.05) is 4.83 Å². The number of aryl methyl sites for hydroxylation is 1. The Labute approximate surface area is 89.5 Å². The molecule has 0 aliphatic carbocycles. The molecule has 2 unspecified atom stereocenters. The van der Waals surface area contributed by atoms with E-state index in [1.165, 1.54) is 17.5 Å². The second-order valence-electron chi connectivity index (χ2n) is 3.79. The summed E-state index contributed by atoms with van der Waals surface area (Å²) in [7, 11) is 0. The highest BCUT2D eigenvalue weighted by Gasteiger charge is 2.10. The fourth-order valence-electron chi connectivity index (χ4n) is 1.35. The monoisotopic (exact) mass is 240 g/mol. The van der Waals surface area contributed by atoms with E-state index in [1.807, 2.05) is 0 Å². The molecule has 0 fully saturated rings. The van der Waals surface area contributed by atoms with Crippen molar-refractivity contribution in [2.45, 2.75) is 32.0 Å². The van der Waals surface area contributed by atoms with Crippen LogP contribution in [0.25, 0.3) is 0 Å². The summed E-state index contributed by atoms with van der Waals surface area (Å²) >= 11 is 3.62. The van der Waals surface area contributed by atoms with Gasteiger partial charge in [-0.1, -0.05) is 54.0 Å². The van der Waals surface area contributed by atoms with Gasteiger partial charge in [-0.25, -0.2) is 0 Å². The van der Waals surface area contributed by atoms with Crippen molar-refractivity contribution in [3.63, 3.8) is 0 Å². The minimum absolute atomic E-state index is 0.590. The maximum Gasteiger partial charge on any atom is 0.0146 e. The minimum Gasteiger partial charge on any atom is -0.0891 e. The maximum atomic E-state index is 3.62. The standard InChI is InChI=1S/C12H17Br/c1-9-6-4-5-7-12(9)8-10(2)11(3)13/h4-7,10-11H,8H2,1-3H3. The van der Waals surface area contributed by atoms with Gasteiger partial charge in [0.1, 0.15) is 0 Å². The average Bonchev–Trinajstić information content (AvgIpc) is 2.08. The molecule has 0 bridgehead atoms. The molecule has 0 amide bonds. The van der Waals surface area contributed by atoms with Gasteiger partial charge in [-0.05, 0) is 30.4 Å². The smallest absolute Gasteiger partial charge is 0.0146 e. The number of rotatable bonds is 3. The zero-order chi connectivity index (χ0) is 9.84. The summed E-state index contributed by atoms with van der Waals surface area (Å²) < 4.78 is 0. The van der Waals surface area contributed by atoms with E-state index >= 15 is 0 Å². The first kappa shape index (κ1) is 10.8. The average molecular weight is 241 g/mol. The maximum absolute atomic E-state index is 3.62. The quantitative estimate of drug-likeness (QED) is 0.703. The van der Waals surface area contributed by atoms with E-state index in [0.29, 0.717) is 10.7 Å². The Balaban J connectivity index is 2.69. The number of alkyl halides is 1. The summed E-state index contributed by atoms with van der Waals surface area (Å²) in [6, 6.07) is 8.62. The van der Waals surface area contributed by atoms with Crippen LogP contribution >= 0.6 is 15.9 Å². The normalized spacial score (nSPS) is 15.4. The fourth-order valence-corrected chi connectivity index (χ4v) is 1.54. The topological polar surface area (TPSA) is 0 Å². The molecule has 0 saturated carbocycles. The van der Waals surface area contributed by atoms with E-state index in [0.717, 1.165) is 0 Å². The Bertz CT molecular complexity index is 266. The van der Waals surface area contributed by atoms with Gasteiger partial charge in [0.05, 0.1) is 0 Å². The molecule has 72 valence electrons. The summed E-state index contributed by atoms with van der Waals surface area (Å²) in [5, 5.41) is 0. The summed E-state index contributed by atoms with van der Waals surface area (Å²) in [5.41, 5.74) is 2.88. The van der Waals surface area contributed by atoms with Crippen LogP contribution in [0.3, 0.4) is 0 Å². The third-order valence-electron chi connectivity index (χ3n) is 2.59. The highest BCUT2D eigenvalue weighted by molar-refractivity contribution is 9.09. The predicted molar refractivity (Wildman–Crippen MR) is 62.4 cm³/mol. The molecule has 0 radical (unpaired) electrons. The Hall–Kier alpha value is -0.300. The van der Waals surface area contributed by atoms with E-state index in [-0.39, 0.29) is 0 Å². The number of benzene rings is 1. The molecule has 0 spiro atoms. The van der Waals surface area contributed by atoms with E-state index in [2.05, 4.69) is 61.0 Å². The first-order valence-corrected chi connectivity index (χ1v) is 5.71. The molecule has 0 nitrogen and oxygen atoms in total. The lowest BCUT2D eigenvalue weighted by Gasteiger charge is -2.15. The number of halogens is 1. The Morgan fingerprint density at radius 1 is 1.23 bits per heavy atom. The molecule has 1 heteroatoms.